The number of nitrogens with one attached hydrogen (secondary N) is 3. The van der Waals surface area contributed by atoms with E-state index in [2.05, 4.69) is 44.2 Å². The Morgan fingerprint density at radius 1 is 1.14 bits per heavy atom. The van der Waals surface area contributed by atoms with Crippen LogP contribution in [-0.2, 0) is 6.42 Å². The van der Waals surface area contributed by atoms with E-state index in [9.17, 15) is 4.79 Å². The van der Waals surface area contributed by atoms with Gasteiger partial charge in [-0.05, 0) is 52.3 Å². The highest BCUT2D eigenvalue weighted by molar-refractivity contribution is 9.10. The quantitative estimate of drug-likeness (QED) is 0.571. The lowest BCUT2D eigenvalue weighted by Gasteiger charge is -2.10. The summed E-state index contributed by atoms with van der Waals surface area (Å²) in [5.41, 5.74) is 6.30. The zero-order valence-corrected chi connectivity index (χ0v) is 13.5. The average molecular weight is 368 g/mol. The molecule has 0 fully saturated rings. The van der Waals surface area contributed by atoms with Crippen molar-refractivity contribution >= 4 is 39.2 Å². The summed E-state index contributed by atoms with van der Waals surface area (Å²) in [5, 5.41) is 3.36. The van der Waals surface area contributed by atoms with Gasteiger partial charge in [0.25, 0.3) is 0 Å². The third-order valence-corrected chi connectivity index (χ3v) is 3.30. The number of furan rings is 1. The van der Waals surface area contributed by atoms with E-state index in [1.807, 2.05) is 18.2 Å². The molecule has 2 rings (SSSR count). The van der Waals surface area contributed by atoms with Gasteiger partial charge in [-0.25, -0.2) is 0 Å². The third kappa shape index (κ3) is 5.20. The van der Waals surface area contributed by atoms with Crippen LogP contribution in [0.1, 0.15) is 16.1 Å². The van der Waals surface area contributed by atoms with E-state index in [1.165, 1.54) is 5.56 Å². The first kappa shape index (κ1) is 15.5. The second kappa shape index (κ2) is 7.80. The number of carbonyl (C=O) groups excluding carboxylic acids is 1. The summed E-state index contributed by atoms with van der Waals surface area (Å²) in [7, 11) is 0. The molecule has 0 saturated carbocycles. The van der Waals surface area contributed by atoms with Crippen LogP contribution < -0.4 is 16.2 Å². The van der Waals surface area contributed by atoms with E-state index < -0.39 is 5.91 Å². The van der Waals surface area contributed by atoms with Crippen LogP contribution in [-0.4, -0.2) is 17.6 Å². The lowest BCUT2D eigenvalue weighted by atomic mass is 10.1. The fraction of sp³-hybridized carbons (Fsp3) is 0.143. The molecule has 5 nitrogen and oxygen atoms in total. The van der Waals surface area contributed by atoms with Gasteiger partial charge in [-0.3, -0.25) is 15.6 Å². The number of halogens is 1. The van der Waals surface area contributed by atoms with Gasteiger partial charge in [0.15, 0.2) is 15.5 Å². The predicted octanol–water partition coefficient (Wildman–Crippen LogP) is 2.39. The standard InChI is InChI=1S/C14H14BrN3O2S/c15-12-7-6-11(20-12)13(19)17-18-14(21)16-9-8-10-4-2-1-3-5-10/h1-7H,8-9H2,(H,17,19)(H2,16,18,21). The summed E-state index contributed by atoms with van der Waals surface area (Å²) in [4.78, 5) is 11.7. The van der Waals surface area contributed by atoms with E-state index in [4.69, 9.17) is 16.6 Å². The Morgan fingerprint density at radius 3 is 2.57 bits per heavy atom. The molecule has 1 amide bonds. The molecule has 0 saturated heterocycles. The molecule has 0 aliphatic carbocycles. The van der Waals surface area contributed by atoms with Gasteiger partial charge < -0.3 is 9.73 Å². The van der Waals surface area contributed by atoms with Gasteiger partial charge in [-0.2, -0.15) is 0 Å². The Hall–Kier alpha value is -1.86. The molecule has 3 N–H and O–H groups in total. The molecule has 0 atom stereocenters. The topological polar surface area (TPSA) is 66.3 Å². The van der Waals surface area contributed by atoms with Crippen LogP contribution in [0.2, 0.25) is 0 Å². The normalized spacial score (nSPS) is 9.95. The first-order valence-electron chi connectivity index (χ1n) is 6.28. The molecule has 0 aliphatic rings. The second-order valence-electron chi connectivity index (χ2n) is 4.17. The highest BCUT2D eigenvalue weighted by Gasteiger charge is 2.09. The largest absolute Gasteiger partial charge is 0.444 e. The molecule has 1 aromatic carbocycles. The number of thiocarbonyl (C=S) groups is 1. The summed E-state index contributed by atoms with van der Waals surface area (Å²) >= 11 is 8.20. The molecule has 21 heavy (non-hydrogen) atoms. The molecule has 2 aromatic rings. The summed E-state index contributed by atoms with van der Waals surface area (Å²) < 4.78 is 5.61. The summed E-state index contributed by atoms with van der Waals surface area (Å²) in [6, 6.07) is 13.3. The van der Waals surface area contributed by atoms with Crippen molar-refractivity contribution in [1.29, 1.82) is 0 Å². The minimum atomic E-state index is -0.395. The number of hydrogen-bond donors (Lipinski definition) is 3. The van der Waals surface area contributed by atoms with Gasteiger partial charge in [-0.15, -0.1) is 0 Å². The van der Waals surface area contributed by atoms with Crippen molar-refractivity contribution < 1.29 is 9.21 Å². The maximum atomic E-state index is 11.7. The maximum Gasteiger partial charge on any atom is 0.305 e. The van der Waals surface area contributed by atoms with Crippen LogP contribution in [0, 0.1) is 0 Å². The Morgan fingerprint density at radius 2 is 1.90 bits per heavy atom. The van der Waals surface area contributed by atoms with Gasteiger partial charge >= 0.3 is 5.91 Å². The van der Waals surface area contributed by atoms with Crippen LogP contribution in [0.3, 0.4) is 0 Å². The first-order chi connectivity index (χ1) is 10.1. The molecule has 1 heterocycles. The lowest BCUT2D eigenvalue weighted by molar-refractivity contribution is 0.0914. The molecule has 0 spiro atoms. The zero-order chi connectivity index (χ0) is 15.1. The molecule has 0 aliphatic heterocycles. The minimum absolute atomic E-state index is 0.196. The monoisotopic (exact) mass is 367 g/mol. The fourth-order valence-electron chi connectivity index (χ4n) is 1.62. The van der Waals surface area contributed by atoms with Gasteiger partial charge in [0.2, 0.25) is 0 Å². The Bertz CT molecular complexity index is 616. The number of rotatable bonds is 4. The molecule has 0 radical (unpaired) electrons. The van der Waals surface area contributed by atoms with E-state index in [1.54, 1.807) is 12.1 Å². The van der Waals surface area contributed by atoms with Crippen LogP contribution in [0.5, 0.6) is 0 Å². The predicted molar refractivity (Wildman–Crippen MR) is 87.8 cm³/mol. The first-order valence-corrected chi connectivity index (χ1v) is 7.49. The fourth-order valence-corrected chi connectivity index (χ4v) is 2.08. The molecular weight excluding hydrogens is 354 g/mol. The third-order valence-electron chi connectivity index (χ3n) is 2.63. The molecule has 7 heteroatoms. The maximum absolute atomic E-state index is 11.7. The van der Waals surface area contributed by atoms with Crippen molar-refractivity contribution in [2.45, 2.75) is 6.42 Å². The van der Waals surface area contributed by atoms with Crippen LogP contribution in [0.4, 0.5) is 0 Å². The summed E-state index contributed by atoms with van der Waals surface area (Å²) in [5.74, 6) is -0.200. The van der Waals surface area contributed by atoms with Crippen molar-refractivity contribution in [2.75, 3.05) is 6.54 Å². The Labute approximate surface area is 136 Å². The number of carbonyl (C=O) groups is 1. The van der Waals surface area contributed by atoms with E-state index in [0.29, 0.717) is 16.3 Å². The van der Waals surface area contributed by atoms with E-state index in [-0.39, 0.29) is 5.76 Å². The molecule has 1 aromatic heterocycles. The average Bonchev–Trinajstić information content (AvgIpc) is 2.92. The SMILES string of the molecule is O=C(NNC(=S)NCCc1ccccc1)c1ccc(Br)o1. The van der Waals surface area contributed by atoms with Crippen molar-refractivity contribution in [2.24, 2.45) is 0 Å². The minimum Gasteiger partial charge on any atom is -0.444 e. The number of benzene rings is 1. The number of hydrazine groups is 1. The second-order valence-corrected chi connectivity index (χ2v) is 5.36. The van der Waals surface area contributed by atoms with E-state index in [0.717, 1.165) is 6.42 Å². The lowest BCUT2D eigenvalue weighted by Crippen LogP contribution is -2.47. The van der Waals surface area contributed by atoms with Gasteiger partial charge in [0, 0.05) is 6.54 Å². The van der Waals surface area contributed by atoms with E-state index >= 15 is 0 Å². The number of hydrogen-bond acceptors (Lipinski definition) is 3. The zero-order valence-electron chi connectivity index (χ0n) is 11.1. The van der Waals surface area contributed by atoms with Crippen molar-refractivity contribution in [1.82, 2.24) is 16.2 Å². The molecular formula is C14H14BrN3O2S. The van der Waals surface area contributed by atoms with Crippen LogP contribution >= 0.6 is 28.1 Å². The Kier molecular flexibility index (Phi) is 5.77. The van der Waals surface area contributed by atoms with Crippen molar-refractivity contribution in [3.63, 3.8) is 0 Å². The molecule has 0 bridgehead atoms. The van der Waals surface area contributed by atoms with Gasteiger partial charge in [0.1, 0.15) is 0 Å². The van der Waals surface area contributed by atoms with Gasteiger partial charge in [0.05, 0.1) is 0 Å². The number of amides is 1. The molecule has 0 unspecified atom stereocenters. The van der Waals surface area contributed by atoms with Crippen LogP contribution in [0.25, 0.3) is 0 Å². The highest BCUT2D eigenvalue weighted by Crippen LogP contribution is 2.13. The van der Waals surface area contributed by atoms with Crippen LogP contribution in [0.15, 0.2) is 51.6 Å². The van der Waals surface area contributed by atoms with Crippen molar-refractivity contribution in [3.8, 4) is 0 Å². The smallest absolute Gasteiger partial charge is 0.305 e. The molecule has 110 valence electrons. The summed E-state index contributed by atoms with van der Waals surface area (Å²) in [6.45, 7) is 0.679. The Balaban J connectivity index is 1.67. The summed E-state index contributed by atoms with van der Waals surface area (Å²) in [6.07, 6.45) is 0.849. The van der Waals surface area contributed by atoms with Crippen molar-refractivity contribution in [3.05, 3.63) is 58.5 Å². The highest BCUT2D eigenvalue weighted by atomic mass is 79.9. The van der Waals surface area contributed by atoms with Gasteiger partial charge in [-0.1, -0.05) is 30.3 Å².